The highest BCUT2D eigenvalue weighted by Crippen LogP contribution is 2.29. The van der Waals surface area contributed by atoms with Crippen molar-refractivity contribution in [2.75, 3.05) is 12.4 Å². The van der Waals surface area contributed by atoms with Crippen LogP contribution in [0.1, 0.15) is 44.9 Å². The maximum atomic E-state index is 11.7. The lowest BCUT2D eigenvalue weighted by Crippen LogP contribution is -2.39. The lowest BCUT2D eigenvalue weighted by molar-refractivity contribution is -0.121. The number of nitrogens with one attached hydrogen (secondary N) is 2. The summed E-state index contributed by atoms with van der Waals surface area (Å²) in [6.07, 6.45) is 6.10. The number of rotatable bonds is 7. The molecule has 1 amide bonds. The molecule has 0 spiro atoms. The first kappa shape index (κ1) is 21.5. The van der Waals surface area contributed by atoms with E-state index >= 15 is 0 Å². The zero-order chi connectivity index (χ0) is 21.8. The lowest BCUT2D eigenvalue weighted by atomic mass is 9.91. The Morgan fingerprint density at radius 3 is 2.65 bits per heavy atom. The van der Waals surface area contributed by atoms with Crippen molar-refractivity contribution in [3.63, 3.8) is 0 Å². The Labute approximate surface area is 186 Å². The molecule has 2 aromatic heterocycles. The summed E-state index contributed by atoms with van der Waals surface area (Å²) >= 11 is 6.40. The largest absolute Gasteiger partial charge is 0.377 e. The molecule has 9 heteroatoms. The van der Waals surface area contributed by atoms with Gasteiger partial charge in [-0.3, -0.25) is 4.79 Å². The smallest absolute Gasteiger partial charge is 0.219 e. The number of halogens is 1. The van der Waals surface area contributed by atoms with Gasteiger partial charge < -0.3 is 15.4 Å². The molecule has 1 saturated carbocycles. The summed E-state index contributed by atoms with van der Waals surface area (Å²) in [4.78, 5) is 21.0. The van der Waals surface area contributed by atoms with Gasteiger partial charge in [-0.05, 0) is 37.8 Å². The molecule has 1 aliphatic rings. The lowest BCUT2D eigenvalue weighted by Gasteiger charge is -2.30. The van der Waals surface area contributed by atoms with E-state index in [1.165, 1.54) is 0 Å². The van der Waals surface area contributed by atoms with Crippen LogP contribution >= 0.6 is 11.6 Å². The van der Waals surface area contributed by atoms with E-state index in [9.17, 15) is 4.79 Å². The predicted octanol–water partition coefficient (Wildman–Crippen LogP) is 3.86. The van der Waals surface area contributed by atoms with Gasteiger partial charge in [0, 0.05) is 25.6 Å². The number of hydrogen-bond donors (Lipinski definition) is 2. The quantitative estimate of drug-likeness (QED) is 0.577. The number of anilines is 1. The molecule has 0 unspecified atom stereocenters. The highest BCUT2D eigenvalue weighted by molar-refractivity contribution is 6.32. The number of ether oxygens (including phenoxy) is 1. The van der Waals surface area contributed by atoms with Gasteiger partial charge in [0.25, 0.3) is 0 Å². The van der Waals surface area contributed by atoms with Crippen molar-refractivity contribution < 1.29 is 9.53 Å². The number of hydrogen-bond acceptors (Lipinski definition) is 6. The number of amides is 1. The first-order valence-electron chi connectivity index (χ1n) is 10.6. The second kappa shape index (κ2) is 9.62. The number of aromatic nitrogens is 4. The molecule has 8 nitrogen and oxygen atoms in total. The molecule has 3 aromatic rings. The van der Waals surface area contributed by atoms with E-state index < -0.39 is 0 Å². The normalized spacial score (nSPS) is 18.8. The second-order valence-electron chi connectivity index (χ2n) is 7.78. The highest BCUT2D eigenvalue weighted by atomic mass is 35.5. The van der Waals surface area contributed by atoms with Crippen molar-refractivity contribution in [3.05, 3.63) is 41.3 Å². The third-order valence-electron chi connectivity index (χ3n) is 5.58. The Hall–Kier alpha value is -2.71. The average molecular weight is 443 g/mol. The van der Waals surface area contributed by atoms with Crippen LogP contribution in [0.25, 0.3) is 16.7 Å². The van der Waals surface area contributed by atoms with Gasteiger partial charge in [0.15, 0.2) is 11.5 Å². The molecule has 2 heterocycles. The fraction of sp³-hybridized carbons (Fsp3) is 0.455. The van der Waals surface area contributed by atoms with Crippen LogP contribution in [0.4, 0.5) is 5.82 Å². The number of fused-ring (bicyclic) bond motifs is 1. The van der Waals surface area contributed by atoms with Crippen molar-refractivity contribution in [1.82, 2.24) is 25.1 Å². The summed E-state index contributed by atoms with van der Waals surface area (Å²) in [6.45, 7) is 2.18. The topological polar surface area (TPSA) is 94.0 Å². The van der Waals surface area contributed by atoms with Crippen LogP contribution < -0.4 is 10.6 Å². The zero-order valence-electron chi connectivity index (χ0n) is 17.8. The van der Waals surface area contributed by atoms with Gasteiger partial charge in [-0.25, -0.2) is 14.6 Å². The van der Waals surface area contributed by atoms with Crippen molar-refractivity contribution >= 4 is 34.4 Å². The molecule has 31 heavy (non-hydrogen) atoms. The van der Waals surface area contributed by atoms with Crippen LogP contribution in [-0.2, 0) is 16.1 Å². The standard InChI is InChI=1S/C22H27ClN6O2/c1-3-20(30)25-14-8-10-15(11-9-14)26-21-16-12-24-29(18-7-5-4-6-17(18)23)22(16)28-19(27-21)13-31-2/h4-7,12,14-15H,3,8-11,13H2,1-2H3,(H,25,30)(H,26,27,28). The van der Waals surface area contributed by atoms with Crippen LogP contribution in [0.15, 0.2) is 30.5 Å². The number of methoxy groups -OCH3 is 1. The predicted molar refractivity (Wildman–Crippen MR) is 120 cm³/mol. The zero-order valence-corrected chi connectivity index (χ0v) is 18.5. The molecule has 1 aromatic carbocycles. The minimum Gasteiger partial charge on any atom is -0.377 e. The Morgan fingerprint density at radius 1 is 1.19 bits per heavy atom. The van der Waals surface area contributed by atoms with E-state index in [-0.39, 0.29) is 18.0 Å². The molecule has 164 valence electrons. The Balaban J connectivity index is 1.59. The molecular weight excluding hydrogens is 416 g/mol. The molecule has 4 rings (SSSR count). The Kier molecular flexibility index (Phi) is 6.67. The van der Waals surface area contributed by atoms with Crippen LogP contribution in [0.2, 0.25) is 5.02 Å². The Bertz CT molecular complexity index is 1060. The number of nitrogens with zero attached hydrogens (tertiary/aromatic N) is 4. The highest BCUT2D eigenvalue weighted by Gasteiger charge is 2.24. The van der Waals surface area contributed by atoms with Crippen molar-refractivity contribution in [2.24, 2.45) is 0 Å². The number of carbonyl (C=O) groups excluding carboxylic acids is 1. The van der Waals surface area contributed by atoms with E-state index in [0.717, 1.165) is 42.6 Å². The molecule has 1 aliphatic carbocycles. The fourth-order valence-corrected chi connectivity index (χ4v) is 4.18. The summed E-state index contributed by atoms with van der Waals surface area (Å²) in [6, 6.07) is 8.06. The van der Waals surface area contributed by atoms with Crippen LogP contribution in [-0.4, -0.2) is 44.8 Å². The van der Waals surface area contributed by atoms with Gasteiger partial charge in [0.05, 0.1) is 22.3 Å². The number of para-hydroxylation sites is 1. The maximum absolute atomic E-state index is 11.7. The van der Waals surface area contributed by atoms with Gasteiger partial charge in [-0.1, -0.05) is 30.7 Å². The van der Waals surface area contributed by atoms with Crippen molar-refractivity contribution in [3.8, 4) is 5.69 Å². The van der Waals surface area contributed by atoms with Crippen LogP contribution in [0, 0.1) is 0 Å². The van der Waals surface area contributed by atoms with Gasteiger partial charge in [-0.15, -0.1) is 0 Å². The molecular formula is C22H27ClN6O2. The van der Waals surface area contributed by atoms with Gasteiger partial charge in [0.2, 0.25) is 5.91 Å². The monoisotopic (exact) mass is 442 g/mol. The minimum absolute atomic E-state index is 0.116. The van der Waals surface area contributed by atoms with Crippen LogP contribution in [0.3, 0.4) is 0 Å². The molecule has 0 saturated heterocycles. The molecule has 0 aliphatic heterocycles. The summed E-state index contributed by atoms with van der Waals surface area (Å²) in [5.41, 5.74) is 1.45. The fourth-order valence-electron chi connectivity index (χ4n) is 3.96. The number of carbonyl (C=O) groups is 1. The molecule has 0 bridgehead atoms. The van der Waals surface area contributed by atoms with E-state index in [1.54, 1.807) is 18.0 Å². The molecule has 1 fully saturated rings. The van der Waals surface area contributed by atoms with E-state index in [4.69, 9.17) is 21.3 Å². The molecule has 2 N–H and O–H groups in total. The maximum Gasteiger partial charge on any atom is 0.219 e. The SMILES string of the molecule is CCC(=O)NC1CCC(Nc2nc(COC)nc3c2cnn3-c2ccccc2Cl)CC1. The van der Waals surface area contributed by atoms with Crippen molar-refractivity contribution in [2.45, 2.75) is 57.7 Å². The van der Waals surface area contributed by atoms with Gasteiger partial charge in [0.1, 0.15) is 12.4 Å². The first-order chi connectivity index (χ1) is 15.1. The first-order valence-corrected chi connectivity index (χ1v) is 11.0. The summed E-state index contributed by atoms with van der Waals surface area (Å²) in [7, 11) is 1.62. The van der Waals surface area contributed by atoms with Gasteiger partial charge >= 0.3 is 0 Å². The molecule has 0 atom stereocenters. The third-order valence-corrected chi connectivity index (χ3v) is 5.90. The van der Waals surface area contributed by atoms with Crippen molar-refractivity contribution in [1.29, 1.82) is 0 Å². The Morgan fingerprint density at radius 2 is 1.94 bits per heavy atom. The number of benzene rings is 1. The third kappa shape index (κ3) is 4.80. The second-order valence-corrected chi connectivity index (χ2v) is 8.19. The summed E-state index contributed by atoms with van der Waals surface area (Å²) < 4.78 is 7.02. The van der Waals surface area contributed by atoms with E-state index in [2.05, 4.69) is 20.7 Å². The van der Waals surface area contributed by atoms with E-state index in [1.807, 2.05) is 31.2 Å². The van der Waals surface area contributed by atoms with Gasteiger partial charge in [-0.2, -0.15) is 5.10 Å². The summed E-state index contributed by atoms with van der Waals surface area (Å²) in [5, 5.41) is 12.7. The van der Waals surface area contributed by atoms with Crippen LogP contribution in [0.5, 0.6) is 0 Å². The average Bonchev–Trinajstić information content (AvgIpc) is 3.19. The van der Waals surface area contributed by atoms with E-state index in [0.29, 0.717) is 29.5 Å². The summed E-state index contributed by atoms with van der Waals surface area (Å²) in [5.74, 6) is 1.44. The minimum atomic E-state index is 0.116. The molecule has 0 radical (unpaired) electrons.